The minimum absolute atomic E-state index is 0.252. The van der Waals surface area contributed by atoms with Crippen LogP contribution in [0.1, 0.15) is 18.9 Å². The van der Waals surface area contributed by atoms with Gasteiger partial charge >= 0.3 is 5.97 Å². The molecule has 0 atom stereocenters. The van der Waals surface area contributed by atoms with E-state index in [4.69, 9.17) is 4.74 Å². The topological polar surface area (TPSA) is 68.3 Å². The first-order chi connectivity index (χ1) is 10.1. The third kappa shape index (κ3) is 4.39. The van der Waals surface area contributed by atoms with Gasteiger partial charge in [-0.2, -0.15) is 0 Å². The fourth-order valence-electron chi connectivity index (χ4n) is 1.59. The standard InChI is InChI=1S/C15H16N2O3S/c1-3-14(19)20-8-13(18)17-15-16-12(9-21-15)11-6-4-10(2)5-7-11/h4-7,9H,3,8H2,1-2H3,(H,16,17,18). The van der Waals surface area contributed by atoms with Crippen LogP contribution in [0.25, 0.3) is 11.3 Å². The Hall–Kier alpha value is -2.21. The number of amides is 1. The van der Waals surface area contributed by atoms with Gasteiger partial charge in [-0.3, -0.25) is 14.9 Å². The van der Waals surface area contributed by atoms with E-state index in [-0.39, 0.29) is 18.9 Å². The zero-order valence-corrected chi connectivity index (χ0v) is 12.7. The summed E-state index contributed by atoms with van der Waals surface area (Å²) in [5.41, 5.74) is 2.98. The summed E-state index contributed by atoms with van der Waals surface area (Å²) in [6, 6.07) is 7.99. The minimum atomic E-state index is -0.398. The van der Waals surface area contributed by atoms with Crippen LogP contribution in [0, 0.1) is 6.92 Å². The summed E-state index contributed by atoms with van der Waals surface area (Å²) in [6.07, 6.45) is 0.252. The number of esters is 1. The molecular weight excluding hydrogens is 288 g/mol. The molecular formula is C15H16N2O3S. The van der Waals surface area contributed by atoms with Crippen LogP contribution in [0.3, 0.4) is 0 Å². The van der Waals surface area contributed by atoms with Gasteiger partial charge in [0.05, 0.1) is 5.69 Å². The van der Waals surface area contributed by atoms with Gasteiger partial charge in [0.15, 0.2) is 11.7 Å². The van der Waals surface area contributed by atoms with Gasteiger partial charge in [0.1, 0.15) is 0 Å². The second-order valence-corrected chi connectivity index (χ2v) is 5.32. The van der Waals surface area contributed by atoms with Crippen LogP contribution >= 0.6 is 11.3 Å². The summed E-state index contributed by atoms with van der Waals surface area (Å²) in [6.45, 7) is 3.41. The normalized spacial score (nSPS) is 10.2. The number of aryl methyl sites for hydroxylation is 1. The number of benzene rings is 1. The van der Waals surface area contributed by atoms with Crippen LogP contribution in [0.2, 0.25) is 0 Å². The molecule has 2 aromatic rings. The van der Waals surface area contributed by atoms with Gasteiger partial charge < -0.3 is 4.74 Å². The lowest BCUT2D eigenvalue weighted by molar-refractivity contribution is -0.146. The summed E-state index contributed by atoms with van der Waals surface area (Å²) in [4.78, 5) is 26.9. The summed E-state index contributed by atoms with van der Waals surface area (Å²) in [7, 11) is 0. The molecule has 0 aliphatic heterocycles. The van der Waals surface area contributed by atoms with Crippen molar-refractivity contribution in [2.75, 3.05) is 11.9 Å². The largest absolute Gasteiger partial charge is 0.456 e. The SMILES string of the molecule is CCC(=O)OCC(=O)Nc1nc(-c2ccc(C)cc2)cs1. The van der Waals surface area contributed by atoms with E-state index >= 15 is 0 Å². The zero-order chi connectivity index (χ0) is 15.2. The Labute approximate surface area is 127 Å². The lowest BCUT2D eigenvalue weighted by Gasteiger charge is -2.02. The summed E-state index contributed by atoms with van der Waals surface area (Å²) < 4.78 is 4.76. The maximum atomic E-state index is 11.6. The molecule has 2 rings (SSSR count). The maximum absolute atomic E-state index is 11.6. The summed E-state index contributed by atoms with van der Waals surface area (Å²) in [5, 5.41) is 4.98. The Kier molecular flexibility index (Phi) is 5.05. The fourth-order valence-corrected chi connectivity index (χ4v) is 2.33. The minimum Gasteiger partial charge on any atom is -0.456 e. The number of thiazole rings is 1. The molecule has 0 unspecified atom stereocenters. The fraction of sp³-hybridized carbons (Fsp3) is 0.267. The number of rotatable bonds is 5. The Bertz CT molecular complexity index is 635. The molecule has 110 valence electrons. The molecule has 5 nitrogen and oxygen atoms in total. The van der Waals surface area contributed by atoms with E-state index in [2.05, 4.69) is 10.3 Å². The average molecular weight is 304 g/mol. The zero-order valence-electron chi connectivity index (χ0n) is 11.9. The van der Waals surface area contributed by atoms with Gasteiger partial charge in [0, 0.05) is 17.4 Å². The number of hydrogen-bond acceptors (Lipinski definition) is 5. The van der Waals surface area contributed by atoms with Gasteiger partial charge in [-0.05, 0) is 6.92 Å². The first kappa shape index (κ1) is 15.2. The molecule has 1 heterocycles. The van der Waals surface area contributed by atoms with Crippen molar-refractivity contribution < 1.29 is 14.3 Å². The molecule has 21 heavy (non-hydrogen) atoms. The molecule has 1 aromatic carbocycles. The first-order valence-corrected chi connectivity index (χ1v) is 7.44. The van der Waals surface area contributed by atoms with Crippen molar-refractivity contribution in [1.29, 1.82) is 0 Å². The van der Waals surface area contributed by atoms with Crippen LogP contribution in [0.5, 0.6) is 0 Å². The van der Waals surface area contributed by atoms with Crippen molar-refractivity contribution in [1.82, 2.24) is 4.98 Å². The Morgan fingerprint density at radius 1 is 1.29 bits per heavy atom. The highest BCUT2D eigenvalue weighted by Crippen LogP contribution is 2.24. The van der Waals surface area contributed by atoms with E-state index in [1.165, 1.54) is 16.9 Å². The number of aromatic nitrogens is 1. The van der Waals surface area contributed by atoms with Crippen molar-refractivity contribution in [2.24, 2.45) is 0 Å². The first-order valence-electron chi connectivity index (χ1n) is 6.56. The third-order valence-corrected chi connectivity index (χ3v) is 3.51. The number of carbonyl (C=O) groups is 2. The maximum Gasteiger partial charge on any atom is 0.306 e. The van der Waals surface area contributed by atoms with Crippen molar-refractivity contribution in [3.05, 3.63) is 35.2 Å². The number of nitrogens with zero attached hydrogens (tertiary/aromatic N) is 1. The van der Waals surface area contributed by atoms with Gasteiger partial charge in [-0.25, -0.2) is 4.98 Å². The third-order valence-electron chi connectivity index (χ3n) is 2.75. The predicted octanol–water partition coefficient (Wildman–Crippen LogP) is 3.01. The molecule has 0 fully saturated rings. The Morgan fingerprint density at radius 2 is 2.00 bits per heavy atom. The highest BCUT2D eigenvalue weighted by molar-refractivity contribution is 7.14. The molecule has 0 aliphatic rings. The van der Waals surface area contributed by atoms with Crippen molar-refractivity contribution in [3.63, 3.8) is 0 Å². The van der Waals surface area contributed by atoms with E-state index in [1.807, 2.05) is 36.6 Å². The number of anilines is 1. The predicted molar refractivity (Wildman–Crippen MR) is 82.2 cm³/mol. The van der Waals surface area contributed by atoms with E-state index in [1.54, 1.807) is 6.92 Å². The van der Waals surface area contributed by atoms with Crippen molar-refractivity contribution >= 4 is 28.3 Å². The van der Waals surface area contributed by atoms with E-state index < -0.39 is 5.97 Å². The smallest absolute Gasteiger partial charge is 0.306 e. The van der Waals surface area contributed by atoms with Crippen LogP contribution in [-0.2, 0) is 14.3 Å². The summed E-state index contributed by atoms with van der Waals surface area (Å²) in [5.74, 6) is -0.786. The number of carbonyl (C=O) groups excluding carboxylic acids is 2. The van der Waals surface area contributed by atoms with Crippen LogP contribution in [0.15, 0.2) is 29.6 Å². The van der Waals surface area contributed by atoms with Gasteiger partial charge in [-0.1, -0.05) is 36.8 Å². The second-order valence-electron chi connectivity index (χ2n) is 4.47. The van der Waals surface area contributed by atoms with E-state index in [0.29, 0.717) is 5.13 Å². The number of nitrogens with one attached hydrogen (secondary N) is 1. The molecule has 0 radical (unpaired) electrons. The van der Waals surface area contributed by atoms with E-state index in [9.17, 15) is 9.59 Å². The number of ether oxygens (including phenoxy) is 1. The Morgan fingerprint density at radius 3 is 2.67 bits per heavy atom. The van der Waals surface area contributed by atoms with Gasteiger partial charge in [-0.15, -0.1) is 11.3 Å². The highest BCUT2D eigenvalue weighted by Gasteiger charge is 2.09. The van der Waals surface area contributed by atoms with Crippen LogP contribution in [-0.4, -0.2) is 23.5 Å². The van der Waals surface area contributed by atoms with Crippen molar-refractivity contribution in [3.8, 4) is 11.3 Å². The Balaban J connectivity index is 1.95. The molecule has 1 aromatic heterocycles. The molecule has 1 N–H and O–H groups in total. The summed E-state index contributed by atoms with van der Waals surface area (Å²) >= 11 is 1.33. The van der Waals surface area contributed by atoms with E-state index in [0.717, 1.165) is 11.3 Å². The average Bonchev–Trinajstić information content (AvgIpc) is 2.94. The highest BCUT2D eigenvalue weighted by atomic mass is 32.1. The molecule has 0 saturated carbocycles. The van der Waals surface area contributed by atoms with Crippen LogP contribution < -0.4 is 5.32 Å². The quantitative estimate of drug-likeness (QED) is 0.862. The van der Waals surface area contributed by atoms with Gasteiger partial charge in [0.25, 0.3) is 5.91 Å². The molecule has 6 heteroatoms. The lowest BCUT2D eigenvalue weighted by Crippen LogP contribution is -2.20. The van der Waals surface area contributed by atoms with Crippen LogP contribution in [0.4, 0.5) is 5.13 Å². The molecule has 0 aliphatic carbocycles. The molecule has 0 spiro atoms. The lowest BCUT2D eigenvalue weighted by atomic mass is 10.1. The van der Waals surface area contributed by atoms with Gasteiger partial charge in [0.2, 0.25) is 0 Å². The van der Waals surface area contributed by atoms with Crippen molar-refractivity contribution in [2.45, 2.75) is 20.3 Å². The second kappa shape index (κ2) is 6.99. The molecule has 0 bridgehead atoms. The number of hydrogen-bond donors (Lipinski definition) is 1. The molecule has 1 amide bonds. The monoisotopic (exact) mass is 304 g/mol. The molecule has 0 saturated heterocycles.